The Labute approximate surface area is 118 Å². The Morgan fingerprint density at radius 1 is 1.10 bits per heavy atom. The molecular formula is C16H19FN2O. The number of hydrogen-bond donors (Lipinski definition) is 0. The number of ether oxygens (including phenoxy) is 1. The summed E-state index contributed by atoms with van der Waals surface area (Å²) in [7, 11) is 1.58. The topological polar surface area (TPSA) is 35.0 Å². The lowest BCUT2D eigenvalue weighted by molar-refractivity contribution is 0.397. The molecule has 3 nitrogen and oxygen atoms in total. The maximum Gasteiger partial charge on any atom is 0.163 e. The second kappa shape index (κ2) is 5.19. The lowest BCUT2D eigenvalue weighted by Gasteiger charge is -2.23. The van der Waals surface area contributed by atoms with Crippen molar-refractivity contribution >= 4 is 0 Å². The van der Waals surface area contributed by atoms with Crippen molar-refractivity contribution in [1.29, 1.82) is 0 Å². The van der Waals surface area contributed by atoms with Crippen LogP contribution in [0.4, 0.5) is 4.39 Å². The molecule has 106 valence electrons. The highest BCUT2D eigenvalue weighted by molar-refractivity contribution is 5.67. The number of aryl methyl sites for hydroxylation is 1. The van der Waals surface area contributed by atoms with Crippen molar-refractivity contribution in [3.05, 3.63) is 41.5 Å². The minimum absolute atomic E-state index is 0.229. The average Bonchev–Trinajstić information content (AvgIpc) is 2.37. The number of methoxy groups -OCH3 is 1. The zero-order valence-corrected chi connectivity index (χ0v) is 12.5. The molecule has 0 fully saturated rings. The van der Waals surface area contributed by atoms with Crippen molar-refractivity contribution in [3.63, 3.8) is 0 Å². The van der Waals surface area contributed by atoms with Crippen LogP contribution in [-0.2, 0) is 5.41 Å². The molecule has 0 saturated carbocycles. The third kappa shape index (κ3) is 2.79. The van der Waals surface area contributed by atoms with Gasteiger partial charge in [-0.05, 0) is 30.0 Å². The highest BCUT2D eigenvalue weighted by Gasteiger charge is 2.24. The summed E-state index contributed by atoms with van der Waals surface area (Å²) in [5.41, 5.74) is 2.11. The van der Waals surface area contributed by atoms with Crippen LogP contribution in [-0.4, -0.2) is 17.1 Å². The first-order valence-electron chi connectivity index (χ1n) is 6.50. The molecular weight excluding hydrogens is 255 g/mol. The van der Waals surface area contributed by atoms with Gasteiger partial charge in [-0.3, -0.25) is 0 Å². The van der Waals surface area contributed by atoms with Gasteiger partial charge in [0.05, 0.1) is 12.7 Å². The van der Waals surface area contributed by atoms with E-state index in [1.165, 1.54) is 12.1 Å². The first kappa shape index (κ1) is 14.4. The van der Waals surface area contributed by atoms with Gasteiger partial charge in [0, 0.05) is 18.0 Å². The van der Waals surface area contributed by atoms with E-state index in [1.807, 2.05) is 27.7 Å². The minimum atomic E-state index is -0.310. The molecule has 0 atom stereocenters. The first-order valence-corrected chi connectivity index (χ1v) is 6.50. The summed E-state index contributed by atoms with van der Waals surface area (Å²) >= 11 is 0. The molecule has 0 aliphatic rings. The Morgan fingerprint density at radius 2 is 1.70 bits per heavy atom. The van der Waals surface area contributed by atoms with Crippen molar-refractivity contribution in [3.8, 4) is 17.1 Å². The number of aromatic nitrogens is 2. The van der Waals surface area contributed by atoms with Gasteiger partial charge < -0.3 is 4.74 Å². The van der Waals surface area contributed by atoms with E-state index in [0.717, 1.165) is 11.1 Å². The predicted octanol–water partition coefficient (Wildman–Crippen LogP) is 3.90. The highest BCUT2D eigenvalue weighted by atomic mass is 19.1. The highest BCUT2D eigenvalue weighted by Crippen LogP contribution is 2.38. The summed E-state index contributed by atoms with van der Waals surface area (Å²) < 4.78 is 19.4. The molecule has 0 amide bonds. The van der Waals surface area contributed by atoms with E-state index >= 15 is 0 Å². The summed E-state index contributed by atoms with van der Waals surface area (Å²) in [6.07, 6.45) is 3.42. The lowest BCUT2D eigenvalue weighted by Crippen LogP contribution is -2.14. The third-order valence-electron chi connectivity index (χ3n) is 3.09. The molecule has 1 heterocycles. The van der Waals surface area contributed by atoms with E-state index in [9.17, 15) is 4.39 Å². The van der Waals surface area contributed by atoms with E-state index in [2.05, 4.69) is 9.97 Å². The Kier molecular flexibility index (Phi) is 3.75. The molecule has 0 spiro atoms. The largest absolute Gasteiger partial charge is 0.496 e. The SMILES string of the molecule is COc1c(-c2ncc(C)cn2)cc(F)cc1C(C)(C)C. The minimum Gasteiger partial charge on any atom is -0.496 e. The molecule has 0 N–H and O–H groups in total. The fraction of sp³-hybridized carbons (Fsp3) is 0.375. The molecule has 0 bridgehead atoms. The lowest BCUT2D eigenvalue weighted by atomic mass is 9.85. The van der Waals surface area contributed by atoms with Gasteiger partial charge in [-0.15, -0.1) is 0 Å². The van der Waals surface area contributed by atoms with Gasteiger partial charge in [0.1, 0.15) is 11.6 Å². The fourth-order valence-electron chi connectivity index (χ4n) is 2.07. The van der Waals surface area contributed by atoms with Crippen LogP contribution in [0.3, 0.4) is 0 Å². The molecule has 0 aliphatic carbocycles. The zero-order valence-electron chi connectivity index (χ0n) is 12.5. The van der Waals surface area contributed by atoms with Gasteiger partial charge in [-0.1, -0.05) is 20.8 Å². The molecule has 1 aromatic heterocycles. The summed E-state index contributed by atoms with van der Waals surface area (Å²) in [4.78, 5) is 8.53. The number of rotatable bonds is 2. The van der Waals surface area contributed by atoms with Crippen LogP contribution in [0.5, 0.6) is 5.75 Å². The third-order valence-corrected chi connectivity index (χ3v) is 3.09. The molecule has 2 aromatic rings. The zero-order chi connectivity index (χ0) is 14.9. The van der Waals surface area contributed by atoms with Crippen LogP contribution >= 0.6 is 0 Å². The van der Waals surface area contributed by atoms with Gasteiger partial charge in [0.2, 0.25) is 0 Å². The van der Waals surface area contributed by atoms with Crippen molar-refractivity contribution in [2.24, 2.45) is 0 Å². The van der Waals surface area contributed by atoms with Crippen LogP contribution in [0.2, 0.25) is 0 Å². The van der Waals surface area contributed by atoms with Gasteiger partial charge >= 0.3 is 0 Å². The number of nitrogens with zero attached hydrogens (tertiary/aromatic N) is 2. The second-order valence-electron chi connectivity index (χ2n) is 5.87. The van der Waals surface area contributed by atoms with E-state index in [-0.39, 0.29) is 11.2 Å². The average molecular weight is 274 g/mol. The van der Waals surface area contributed by atoms with E-state index < -0.39 is 0 Å². The van der Waals surface area contributed by atoms with E-state index in [1.54, 1.807) is 19.5 Å². The molecule has 20 heavy (non-hydrogen) atoms. The smallest absolute Gasteiger partial charge is 0.163 e. The fourth-order valence-corrected chi connectivity index (χ4v) is 2.07. The Balaban J connectivity index is 2.69. The van der Waals surface area contributed by atoms with E-state index in [4.69, 9.17) is 4.74 Å². The number of benzene rings is 1. The summed E-state index contributed by atoms with van der Waals surface area (Å²) in [6.45, 7) is 7.96. The van der Waals surface area contributed by atoms with Crippen LogP contribution < -0.4 is 4.74 Å². The summed E-state index contributed by atoms with van der Waals surface area (Å²) in [5, 5.41) is 0. The van der Waals surface area contributed by atoms with Crippen molar-refractivity contribution in [2.45, 2.75) is 33.1 Å². The van der Waals surface area contributed by atoms with E-state index in [0.29, 0.717) is 17.1 Å². The molecule has 0 aliphatic heterocycles. The quantitative estimate of drug-likeness (QED) is 0.833. The number of hydrogen-bond acceptors (Lipinski definition) is 3. The molecule has 0 saturated heterocycles. The molecule has 0 unspecified atom stereocenters. The van der Waals surface area contributed by atoms with Crippen molar-refractivity contribution < 1.29 is 9.13 Å². The predicted molar refractivity (Wildman–Crippen MR) is 77.4 cm³/mol. The van der Waals surface area contributed by atoms with Gasteiger partial charge in [0.25, 0.3) is 0 Å². The van der Waals surface area contributed by atoms with Crippen LogP contribution in [0.1, 0.15) is 31.9 Å². The molecule has 4 heteroatoms. The summed E-state index contributed by atoms with van der Waals surface area (Å²) in [5.74, 6) is 0.787. The Bertz CT molecular complexity index is 616. The first-order chi connectivity index (χ1) is 9.32. The van der Waals surface area contributed by atoms with Crippen LogP contribution in [0.15, 0.2) is 24.5 Å². The molecule has 2 rings (SSSR count). The molecule has 1 aromatic carbocycles. The monoisotopic (exact) mass is 274 g/mol. The van der Waals surface area contributed by atoms with Crippen molar-refractivity contribution in [1.82, 2.24) is 9.97 Å². The van der Waals surface area contributed by atoms with Gasteiger partial charge in [0.15, 0.2) is 5.82 Å². The number of halogens is 1. The Hall–Kier alpha value is -1.97. The van der Waals surface area contributed by atoms with Crippen LogP contribution in [0.25, 0.3) is 11.4 Å². The molecule has 0 radical (unpaired) electrons. The van der Waals surface area contributed by atoms with Crippen LogP contribution in [0, 0.1) is 12.7 Å². The Morgan fingerprint density at radius 3 is 2.20 bits per heavy atom. The maximum atomic E-state index is 13.9. The second-order valence-corrected chi connectivity index (χ2v) is 5.87. The summed E-state index contributed by atoms with van der Waals surface area (Å²) in [6, 6.07) is 2.93. The maximum absolute atomic E-state index is 13.9. The van der Waals surface area contributed by atoms with Gasteiger partial charge in [-0.25, -0.2) is 14.4 Å². The normalized spacial score (nSPS) is 11.5. The standard InChI is InChI=1S/C16H19FN2O/c1-10-8-18-15(19-9-10)12-6-11(17)7-13(14(12)20-5)16(2,3)4/h6-9H,1-5H3. The van der Waals surface area contributed by atoms with Gasteiger partial charge in [-0.2, -0.15) is 0 Å². The van der Waals surface area contributed by atoms with Crippen molar-refractivity contribution in [2.75, 3.05) is 7.11 Å².